The van der Waals surface area contributed by atoms with Crippen molar-refractivity contribution >= 4 is 5.97 Å². The molecule has 0 aromatic heterocycles. The van der Waals surface area contributed by atoms with Gasteiger partial charge in [-0.05, 0) is 38.1 Å². The monoisotopic (exact) mass is 251 g/mol. The lowest BCUT2D eigenvalue weighted by atomic mass is 10.2. The van der Waals surface area contributed by atoms with Gasteiger partial charge in [-0.25, -0.2) is 0 Å². The van der Waals surface area contributed by atoms with Gasteiger partial charge in [0.2, 0.25) is 0 Å². The molecule has 0 heterocycles. The van der Waals surface area contributed by atoms with Crippen molar-refractivity contribution in [3.63, 3.8) is 0 Å². The van der Waals surface area contributed by atoms with E-state index in [4.69, 9.17) is 9.84 Å². The smallest absolute Gasteiger partial charge is 0.317 e. The molecule has 0 unspecified atom stereocenters. The molecule has 4 nitrogen and oxygen atoms in total. The number of nitrogens with zero attached hydrogens (tertiary/aromatic N) is 1. The minimum absolute atomic E-state index is 0.0613. The molecule has 1 aromatic carbocycles. The predicted molar refractivity (Wildman–Crippen MR) is 70.8 cm³/mol. The molecular weight excluding hydrogens is 230 g/mol. The highest BCUT2D eigenvalue weighted by Crippen LogP contribution is 2.16. The van der Waals surface area contributed by atoms with Crippen LogP contribution in [0.5, 0.6) is 5.75 Å². The van der Waals surface area contributed by atoms with Gasteiger partial charge in [0.1, 0.15) is 5.75 Å². The van der Waals surface area contributed by atoms with Gasteiger partial charge >= 0.3 is 5.97 Å². The highest BCUT2D eigenvalue weighted by Gasteiger charge is 2.08. The lowest BCUT2D eigenvalue weighted by Gasteiger charge is -2.18. The maximum Gasteiger partial charge on any atom is 0.317 e. The Hall–Kier alpha value is -1.55. The Morgan fingerprint density at radius 1 is 1.44 bits per heavy atom. The minimum Gasteiger partial charge on any atom is -0.491 e. The number of ether oxygens (including phenoxy) is 1. The normalized spacial score (nSPS) is 10.9. The largest absolute Gasteiger partial charge is 0.491 e. The summed E-state index contributed by atoms with van der Waals surface area (Å²) in [5.41, 5.74) is 1.07. The van der Waals surface area contributed by atoms with E-state index >= 15 is 0 Å². The molecule has 100 valence electrons. The summed E-state index contributed by atoms with van der Waals surface area (Å²) in [7, 11) is 0. The van der Waals surface area contributed by atoms with Crippen LogP contribution >= 0.6 is 0 Å². The van der Waals surface area contributed by atoms with Crippen molar-refractivity contribution in [2.75, 3.05) is 13.1 Å². The molecule has 18 heavy (non-hydrogen) atoms. The van der Waals surface area contributed by atoms with E-state index in [1.165, 1.54) is 0 Å². The van der Waals surface area contributed by atoms with Crippen LogP contribution in [-0.2, 0) is 11.3 Å². The predicted octanol–water partition coefficient (Wildman–Crippen LogP) is 2.38. The number of rotatable bonds is 7. The molecule has 0 aliphatic rings. The zero-order chi connectivity index (χ0) is 13.5. The first-order chi connectivity index (χ1) is 8.51. The number of hydrogen-bond acceptors (Lipinski definition) is 3. The van der Waals surface area contributed by atoms with E-state index in [0.717, 1.165) is 11.3 Å². The number of aliphatic carboxylic acids is 1. The summed E-state index contributed by atoms with van der Waals surface area (Å²) in [6.07, 6.45) is 0.140. The SMILES string of the molecule is CCN(CC(=O)O)Cc1cccc(OC(C)C)c1. The molecule has 0 saturated heterocycles. The zero-order valence-electron chi connectivity index (χ0n) is 11.2. The third kappa shape index (κ3) is 5.19. The maximum atomic E-state index is 10.7. The number of carboxylic acids is 1. The van der Waals surface area contributed by atoms with Gasteiger partial charge in [-0.2, -0.15) is 0 Å². The average molecular weight is 251 g/mol. The van der Waals surface area contributed by atoms with Crippen molar-refractivity contribution in [3.05, 3.63) is 29.8 Å². The summed E-state index contributed by atoms with van der Waals surface area (Å²) in [4.78, 5) is 12.6. The number of carbonyl (C=O) groups is 1. The Morgan fingerprint density at radius 2 is 2.17 bits per heavy atom. The van der Waals surface area contributed by atoms with E-state index in [2.05, 4.69) is 0 Å². The lowest BCUT2D eigenvalue weighted by molar-refractivity contribution is -0.138. The molecule has 0 amide bonds. The van der Waals surface area contributed by atoms with Crippen LogP contribution in [0.15, 0.2) is 24.3 Å². The number of hydrogen-bond donors (Lipinski definition) is 1. The van der Waals surface area contributed by atoms with Gasteiger partial charge in [-0.3, -0.25) is 9.69 Å². The molecule has 0 fully saturated rings. The summed E-state index contributed by atoms with van der Waals surface area (Å²) < 4.78 is 5.62. The maximum absolute atomic E-state index is 10.7. The molecule has 1 rings (SSSR count). The van der Waals surface area contributed by atoms with Crippen molar-refractivity contribution in [2.24, 2.45) is 0 Å². The molecule has 1 aromatic rings. The van der Waals surface area contributed by atoms with Crippen LogP contribution in [-0.4, -0.2) is 35.2 Å². The Balaban J connectivity index is 2.67. The van der Waals surface area contributed by atoms with Crippen LogP contribution in [0.2, 0.25) is 0 Å². The van der Waals surface area contributed by atoms with E-state index in [0.29, 0.717) is 13.1 Å². The Labute approximate surface area is 108 Å². The van der Waals surface area contributed by atoms with Crippen LogP contribution in [0.4, 0.5) is 0 Å². The highest BCUT2D eigenvalue weighted by molar-refractivity contribution is 5.69. The van der Waals surface area contributed by atoms with Crippen LogP contribution < -0.4 is 4.74 Å². The van der Waals surface area contributed by atoms with Crippen LogP contribution in [0.25, 0.3) is 0 Å². The fourth-order valence-corrected chi connectivity index (χ4v) is 1.72. The summed E-state index contributed by atoms with van der Waals surface area (Å²) in [6, 6.07) is 7.79. The molecule has 1 N–H and O–H groups in total. The lowest BCUT2D eigenvalue weighted by Crippen LogP contribution is -2.29. The van der Waals surface area contributed by atoms with Crippen LogP contribution in [0, 0.1) is 0 Å². The first-order valence-electron chi connectivity index (χ1n) is 6.21. The summed E-state index contributed by atoms with van der Waals surface area (Å²) in [5.74, 6) is 0.0281. The van der Waals surface area contributed by atoms with Gasteiger partial charge in [0.05, 0.1) is 12.6 Å². The second kappa shape index (κ2) is 7.01. The Kier molecular flexibility index (Phi) is 5.65. The summed E-state index contributed by atoms with van der Waals surface area (Å²) in [5, 5.41) is 8.80. The number of carboxylic acid groups (broad SMARTS) is 1. The van der Waals surface area contributed by atoms with Crippen molar-refractivity contribution in [2.45, 2.75) is 33.4 Å². The highest BCUT2D eigenvalue weighted by atomic mass is 16.5. The van der Waals surface area contributed by atoms with Crippen molar-refractivity contribution in [3.8, 4) is 5.75 Å². The van der Waals surface area contributed by atoms with Gasteiger partial charge in [0, 0.05) is 6.54 Å². The Bertz CT molecular complexity index is 390. The van der Waals surface area contributed by atoms with E-state index in [1.807, 2.05) is 49.9 Å². The van der Waals surface area contributed by atoms with E-state index in [-0.39, 0.29) is 12.6 Å². The number of benzene rings is 1. The van der Waals surface area contributed by atoms with Gasteiger partial charge < -0.3 is 9.84 Å². The average Bonchev–Trinajstić information content (AvgIpc) is 2.27. The standard InChI is InChI=1S/C14H21NO3/c1-4-15(10-14(16)17)9-12-6-5-7-13(8-12)18-11(2)3/h5-8,11H,4,9-10H2,1-3H3,(H,16,17). The molecule has 0 radical (unpaired) electrons. The molecule has 0 saturated carbocycles. The molecule has 4 heteroatoms. The first-order valence-corrected chi connectivity index (χ1v) is 6.21. The van der Waals surface area contributed by atoms with Gasteiger partial charge in [0.15, 0.2) is 0 Å². The second-order valence-corrected chi connectivity index (χ2v) is 4.51. The fraction of sp³-hybridized carbons (Fsp3) is 0.500. The zero-order valence-corrected chi connectivity index (χ0v) is 11.2. The molecule has 0 bridgehead atoms. The summed E-state index contributed by atoms with van der Waals surface area (Å²) in [6.45, 7) is 7.31. The van der Waals surface area contributed by atoms with Crippen LogP contribution in [0.3, 0.4) is 0 Å². The molecule has 0 atom stereocenters. The van der Waals surface area contributed by atoms with E-state index in [1.54, 1.807) is 0 Å². The second-order valence-electron chi connectivity index (χ2n) is 4.51. The van der Waals surface area contributed by atoms with Crippen molar-refractivity contribution < 1.29 is 14.6 Å². The molecule has 0 spiro atoms. The first kappa shape index (κ1) is 14.5. The van der Waals surface area contributed by atoms with Crippen molar-refractivity contribution in [1.82, 2.24) is 4.90 Å². The topological polar surface area (TPSA) is 49.8 Å². The molecular formula is C14H21NO3. The van der Waals surface area contributed by atoms with E-state index in [9.17, 15) is 4.79 Å². The van der Waals surface area contributed by atoms with E-state index < -0.39 is 5.97 Å². The minimum atomic E-state index is -0.800. The van der Waals surface area contributed by atoms with Gasteiger partial charge in [-0.1, -0.05) is 19.1 Å². The van der Waals surface area contributed by atoms with Gasteiger partial charge in [0.25, 0.3) is 0 Å². The number of likely N-dealkylation sites (N-methyl/N-ethyl adjacent to an activating group) is 1. The van der Waals surface area contributed by atoms with Gasteiger partial charge in [-0.15, -0.1) is 0 Å². The summed E-state index contributed by atoms with van der Waals surface area (Å²) >= 11 is 0. The Morgan fingerprint density at radius 3 is 2.72 bits per heavy atom. The van der Waals surface area contributed by atoms with Crippen LogP contribution in [0.1, 0.15) is 26.3 Å². The molecule has 0 aliphatic heterocycles. The fourth-order valence-electron chi connectivity index (χ4n) is 1.72. The quantitative estimate of drug-likeness (QED) is 0.808. The third-order valence-corrected chi connectivity index (χ3v) is 2.48. The third-order valence-electron chi connectivity index (χ3n) is 2.48. The molecule has 0 aliphatic carbocycles. The van der Waals surface area contributed by atoms with Crippen molar-refractivity contribution in [1.29, 1.82) is 0 Å².